The van der Waals surface area contributed by atoms with E-state index in [0.717, 1.165) is 53.6 Å². The van der Waals surface area contributed by atoms with Gasteiger partial charge in [-0.3, -0.25) is 14.4 Å². The summed E-state index contributed by atoms with van der Waals surface area (Å²) in [6.07, 6.45) is 8.14. The average molecular weight is 513 g/mol. The fourth-order valence-corrected chi connectivity index (χ4v) is 5.09. The first-order valence-electron chi connectivity index (χ1n) is 12.7. The number of carbonyl (C=O) groups excluding carboxylic acids is 1. The van der Waals surface area contributed by atoms with Gasteiger partial charge in [0.2, 0.25) is 5.91 Å². The summed E-state index contributed by atoms with van der Waals surface area (Å²) in [5, 5.41) is 21.4. The minimum atomic E-state index is -1.12. The van der Waals surface area contributed by atoms with Crippen LogP contribution >= 0.6 is 11.6 Å². The van der Waals surface area contributed by atoms with Gasteiger partial charge >= 0.3 is 5.97 Å². The molecule has 1 heterocycles. The zero-order chi connectivity index (χ0) is 25.7. The molecule has 1 aromatic carbocycles. The van der Waals surface area contributed by atoms with Crippen molar-refractivity contribution < 1.29 is 19.8 Å². The van der Waals surface area contributed by atoms with Gasteiger partial charge in [0.25, 0.3) is 5.56 Å². The third kappa shape index (κ3) is 7.08. The van der Waals surface area contributed by atoms with Crippen molar-refractivity contribution in [3.05, 3.63) is 74.2 Å². The Morgan fingerprint density at radius 1 is 1.14 bits per heavy atom. The Hall–Kier alpha value is -2.90. The highest BCUT2D eigenvalue weighted by Gasteiger charge is 2.26. The number of carboxylic acid groups (broad SMARTS) is 1. The van der Waals surface area contributed by atoms with Crippen molar-refractivity contribution >= 4 is 29.1 Å². The van der Waals surface area contributed by atoms with E-state index in [1.54, 1.807) is 0 Å². The lowest BCUT2D eigenvalue weighted by molar-refractivity contribution is -0.139. The molecule has 2 fully saturated rings. The number of nitrogens with one attached hydrogen (secondary N) is 2. The summed E-state index contributed by atoms with van der Waals surface area (Å²) in [5.74, 6) is -0.552. The number of aromatic amines is 1. The van der Waals surface area contributed by atoms with E-state index in [0.29, 0.717) is 23.3 Å². The van der Waals surface area contributed by atoms with Gasteiger partial charge in [0, 0.05) is 34.8 Å². The van der Waals surface area contributed by atoms with Crippen molar-refractivity contribution in [1.82, 2.24) is 10.3 Å². The van der Waals surface area contributed by atoms with Crippen molar-refractivity contribution in [3.8, 4) is 0 Å². The first-order valence-corrected chi connectivity index (χ1v) is 13.1. The number of aryl methyl sites for hydroxylation is 1. The van der Waals surface area contributed by atoms with E-state index in [1.807, 2.05) is 30.3 Å². The maximum atomic E-state index is 12.7. The normalized spacial score (nSPS) is 17.2. The fourth-order valence-electron chi connectivity index (χ4n) is 4.82. The van der Waals surface area contributed by atoms with E-state index >= 15 is 0 Å². The van der Waals surface area contributed by atoms with Gasteiger partial charge in [0.05, 0.1) is 12.5 Å². The highest BCUT2D eigenvalue weighted by molar-refractivity contribution is 6.31. The standard InChI is InChI=1S/C28H33ClN2O5/c29-24-14-20(8-7-19(24)9-12-26(33)30-16-21(32)15-27(34)35)23(13-17-3-1-2-4-17)25-11-10-22(18-5-6-18)28(36)31-25/h7-8,10-11,13-14,17-18,21,32H,1-6,9,12,15-16H2,(H,30,33)(H,31,36)(H,34,35)/b23-13+. The van der Waals surface area contributed by atoms with Crippen LogP contribution in [0.2, 0.25) is 5.02 Å². The number of aromatic nitrogens is 1. The van der Waals surface area contributed by atoms with Crippen molar-refractivity contribution in [2.75, 3.05) is 6.54 Å². The van der Waals surface area contributed by atoms with Crippen molar-refractivity contribution in [2.45, 2.75) is 69.8 Å². The molecule has 0 radical (unpaired) electrons. The van der Waals surface area contributed by atoms with Gasteiger partial charge in [-0.1, -0.05) is 48.7 Å². The second-order valence-electron chi connectivity index (χ2n) is 9.92. The van der Waals surface area contributed by atoms with Crippen LogP contribution in [0.25, 0.3) is 5.57 Å². The Morgan fingerprint density at radius 2 is 1.89 bits per heavy atom. The van der Waals surface area contributed by atoms with E-state index in [9.17, 15) is 19.5 Å². The monoisotopic (exact) mass is 512 g/mol. The van der Waals surface area contributed by atoms with Crippen LogP contribution in [0.4, 0.5) is 0 Å². The number of carboxylic acids is 1. The van der Waals surface area contributed by atoms with Gasteiger partial charge < -0.3 is 20.5 Å². The summed E-state index contributed by atoms with van der Waals surface area (Å²) in [5.41, 5.74) is 4.35. The van der Waals surface area contributed by atoms with E-state index in [-0.39, 0.29) is 24.4 Å². The molecular formula is C28H33ClN2O5. The molecule has 2 aliphatic carbocycles. The largest absolute Gasteiger partial charge is 0.481 e. The van der Waals surface area contributed by atoms with Crippen LogP contribution in [0.3, 0.4) is 0 Å². The number of aliphatic hydroxyl groups is 1. The maximum Gasteiger partial charge on any atom is 0.306 e. The molecule has 36 heavy (non-hydrogen) atoms. The second-order valence-corrected chi connectivity index (χ2v) is 10.3. The molecule has 1 amide bonds. The van der Waals surface area contributed by atoms with Crippen LogP contribution in [0.1, 0.15) is 79.7 Å². The Kier molecular flexibility index (Phi) is 8.64. The number of aliphatic carboxylic acids is 1. The van der Waals surface area contributed by atoms with Crippen LogP contribution in [0.5, 0.6) is 0 Å². The van der Waals surface area contributed by atoms with Crippen molar-refractivity contribution in [1.29, 1.82) is 0 Å². The first-order chi connectivity index (χ1) is 17.3. The molecule has 0 spiro atoms. The number of H-pyrrole nitrogens is 1. The molecule has 7 nitrogen and oxygen atoms in total. The van der Waals surface area contributed by atoms with Crippen LogP contribution in [-0.4, -0.2) is 39.7 Å². The number of hydrogen-bond donors (Lipinski definition) is 4. The summed E-state index contributed by atoms with van der Waals surface area (Å²) in [7, 11) is 0. The fraction of sp³-hybridized carbons (Fsp3) is 0.464. The number of amides is 1. The Balaban J connectivity index is 1.47. The number of pyridine rings is 1. The topological polar surface area (TPSA) is 119 Å². The Bertz CT molecular complexity index is 1190. The van der Waals surface area contributed by atoms with E-state index in [2.05, 4.69) is 16.4 Å². The summed E-state index contributed by atoms with van der Waals surface area (Å²) in [6.45, 7) is -0.106. The predicted molar refractivity (Wildman–Crippen MR) is 139 cm³/mol. The van der Waals surface area contributed by atoms with E-state index in [1.165, 1.54) is 12.8 Å². The molecule has 2 aromatic rings. The van der Waals surface area contributed by atoms with Gasteiger partial charge in [0.1, 0.15) is 0 Å². The molecule has 2 aliphatic rings. The van der Waals surface area contributed by atoms with E-state index < -0.39 is 18.5 Å². The van der Waals surface area contributed by atoms with Gasteiger partial charge in [0.15, 0.2) is 0 Å². The lowest BCUT2D eigenvalue weighted by Gasteiger charge is -2.14. The predicted octanol–water partition coefficient (Wildman–Crippen LogP) is 4.41. The first kappa shape index (κ1) is 26.2. The lowest BCUT2D eigenvalue weighted by atomic mass is 9.94. The molecule has 8 heteroatoms. The third-order valence-electron chi connectivity index (χ3n) is 6.98. The molecular weight excluding hydrogens is 480 g/mol. The number of allylic oxidation sites excluding steroid dienone is 1. The molecule has 4 rings (SSSR count). The minimum absolute atomic E-state index is 0.0190. The summed E-state index contributed by atoms with van der Waals surface area (Å²) in [6, 6.07) is 9.73. The van der Waals surface area contributed by atoms with E-state index in [4.69, 9.17) is 16.7 Å². The van der Waals surface area contributed by atoms with Gasteiger partial charge in [-0.2, -0.15) is 0 Å². The molecule has 2 saturated carbocycles. The second kappa shape index (κ2) is 11.9. The summed E-state index contributed by atoms with van der Waals surface area (Å²) in [4.78, 5) is 38.6. The van der Waals surface area contributed by atoms with Crippen LogP contribution in [0.15, 0.2) is 41.2 Å². The van der Waals surface area contributed by atoms with Crippen molar-refractivity contribution in [2.24, 2.45) is 5.92 Å². The Morgan fingerprint density at radius 3 is 2.53 bits per heavy atom. The number of carbonyl (C=O) groups is 2. The number of rotatable bonds is 11. The summed E-state index contributed by atoms with van der Waals surface area (Å²) < 4.78 is 0. The quantitative estimate of drug-likeness (QED) is 0.355. The molecule has 1 unspecified atom stereocenters. The number of aliphatic hydroxyl groups excluding tert-OH is 1. The smallest absolute Gasteiger partial charge is 0.306 e. The van der Waals surface area contributed by atoms with Crippen LogP contribution in [0, 0.1) is 5.92 Å². The Labute approximate surface area is 215 Å². The summed E-state index contributed by atoms with van der Waals surface area (Å²) >= 11 is 6.62. The SMILES string of the molecule is O=C(O)CC(O)CNC(=O)CCc1ccc(/C(=C\C2CCCC2)c2ccc(C3CC3)c(=O)[nH]2)cc1Cl. The molecule has 0 bridgehead atoms. The minimum Gasteiger partial charge on any atom is -0.481 e. The van der Waals surface area contributed by atoms with Gasteiger partial charge in [-0.05, 0) is 67.2 Å². The van der Waals surface area contributed by atoms with Gasteiger partial charge in [-0.25, -0.2) is 0 Å². The molecule has 192 valence electrons. The van der Waals surface area contributed by atoms with Gasteiger partial charge in [-0.15, -0.1) is 0 Å². The molecule has 1 aromatic heterocycles. The molecule has 4 N–H and O–H groups in total. The average Bonchev–Trinajstić information content (AvgIpc) is 3.54. The number of hydrogen-bond acceptors (Lipinski definition) is 4. The molecule has 0 saturated heterocycles. The van der Waals surface area contributed by atoms with Crippen LogP contribution < -0.4 is 10.9 Å². The number of halogens is 1. The zero-order valence-corrected chi connectivity index (χ0v) is 21.0. The lowest BCUT2D eigenvalue weighted by Crippen LogP contribution is -2.33. The third-order valence-corrected chi connectivity index (χ3v) is 7.33. The highest BCUT2D eigenvalue weighted by Crippen LogP contribution is 2.39. The van der Waals surface area contributed by atoms with Crippen molar-refractivity contribution in [3.63, 3.8) is 0 Å². The highest BCUT2D eigenvalue weighted by atomic mass is 35.5. The maximum absolute atomic E-state index is 12.7. The van der Waals surface area contributed by atoms with Crippen LogP contribution in [-0.2, 0) is 16.0 Å². The zero-order valence-electron chi connectivity index (χ0n) is 20.3. The molecule has 1 atom stereocenters. The molecule has 0 aliphatic heterocycles. The number of benzene rings is 1.